The van der Waals surface area contributed by atoms with Crippen molar-refractivity contribution in [3.05, 3.63) is 60.7 Å². The summed E-state index contributed by atoms with van der Waals surface area (Å²) in [5.41, 5.74) is 0. The molecule has 0 saturated carbocycles. The van der Waals surface area contributed by atoms with Crippen LogP contribution in [0.3, 0.4) is 0 Å². The van der Waals surface area contributed by atoms with Crippen LogP contribution in [0.2, 0.25) is 0 Å². The number of unbranched alkanes of at least 4 members (excludes halogenated alkanes) is 2. The van der Waals surface area contributed by atoms with Crippen LogP contribution >= 0.6 is 0 Å². The van der Waals surface area contributed by atoms with Gasteiger partial charge in [0.1, 0.15) is 0 Å². The molecule has 136 valence electrons. The van der Waals surface area contributed by atoms with Gasteiger partial charge in [-0.3, -0.25) is 8.37 Å². The second-order valence-electron chi connectivity index (χ2n) is 5.24. The zero-order chi connectivity index (χ0) is 18.2. The third kappa shape index (κ3) is 6.73. The lowest BCUT2D eigenvalue weighted by Gasteiger charge is -2.09. The van der Waals surface area contributed by atoms with Gasteiger partial charge in [0.25, 0.3) is 0 Å². The van der Waals surface area contributed by atoms with E-state index in [1.807, 2.05) is 12.1 Å². The van der Waals surface area contributed by atoms with E-state index in [0.29, 0.717) is 35.8 Å². The molecule has 2 rings (SSSR count). The number of hydrogen-bond donors (Lipinski definition) is 0. The summed E-state index contributed by atoms with van der Waals surface area (Å²) in [5, 5.41) is 0. The van der Waals surface area contributed by atoms with Gasteiger partial charge in [0, 0.05) is 22.4 Å². The fraction of sp³-hybridized carbons (Fsp3) is 0.294. The molecular formula is C17H20O4S4. The van der Waals surface area contributed by atoms with Crippen molar-refractivity contribution < 1.29 is 16.8 Å². The summed E-state index contributed by atoms with van der Waals surface area (Å²) < 4.78 is 35.3. The van der Waals surface area contributed by atoms with Crippen molar-refractivity contribution >= 4 is 39.9 Å². The molecule has 0 spiro atoms. The minimum atomic E-state index is -2.87. The zero-order valence-electron chi connectivity index (χ0n) is 13.6. The first-order valence-corrected chi connectivity index (χ1v) is 12.6. The average Bonchev–Trinajstić information content (AvgIpc) is 2.62. The lowest BCUT2D eigenvalue weighted by Crippen LogP contribution is -2.08. The van der Waals surface area contributed by atoms with E-state index in [9.17, 15) is 8.42 Å². The molecule has 25 heavy (non-hydrogen) atoms. The monoisotopic (exact) mass is 416 g/mol. The van der Waals surface area contributed by atoms with Crippen LogP contribution in [0.5, 0.6) is 0 Å². The van der Waals surface area contributed by atoms with Gasteiger partial charge in [-0.05, 0) is 43.5 Å². The highest BCUT2D eigenvalue weighted by molar-refractivity contribution is 8.30. The van der Waals surface area contributed by atoms with Crippen molar-refractivity contribution in [2.45, 2.75) is 29.1 Å². The molecule has 0 aromatic heterocycles. The van der Waals surface area contributed by atoms with Crippen LogP contribution in [0.1, 0.15) is 19.3 Å². The smallest absolute Gasteiger partial charge is 0.173 e. The molecule has 0 heterocycles. The molecule has 0 bridgehead atoms. The Bertz CT molecular complexity index is 775. The Morgan fingerprint density at radius 1 is 0.640 bits per heavy atom. The molecule has 0 fully saturated rings. The summed E-state index contributed by atoms with van der Waals surface area (Å²) >= 11 is 10.1. The van der Waals surface area contributed by atoms with E-state index in [-0.39, 0.29) is 0 Å². The summed E-state index contributed by atoms with van der Waals surface area (Å²) in [6.45, 7) is 0.609. The maximum atomic E-state index is 12.3. The molecule has 0 aliphatic rings. The minimum Gasteiger partial charge on any atom is -0.286 e. The molecule has 0 amide bonds. The van der Waals surface area contributed by atoms with Gasteiger partial charge in [-0.15, -0.1) is 0 Å². The molecular weight excluding hydrogens is 396 g/mol. The van der Waals surface area contributed by atoms with E-state index < -0.39 is 17.5 Å². The molecule has 0 radical (unpaired) electrons. The second kappa shape index (κ2) is 9.70. The van der Waals surface area contributed by atoms with Crippen LogP contribution < -0.4 is 0 Å². The molecule has 2 atom stereocenters. The fourth-order valence-electron chi connectivity index (χ4n) is 2.03. The van der Waals surface area contributed by atoms with Gasteiger partial charge >= 0.3 is 0 Å². The molecule has 2 unspecified atom stereocenters. The second-order valence-corrected chi connectivity index (χ2v) is 11.1. The third-order valence-corrected chi connectivity index (χ3v) is 7.71. The first kappa shape index (κ1) is 20.4. The van der Waals surface area contributed by atoms with Crippen LogP contribution in [0.25, 0.3) is 0 Å². The van der Waals surface area contributed by atoms with Crippen LogP contribution in [0.4, 0.5) is 0 Å². The highest BCUT2D eigenvalue weighted by Gasteiger charge is 2.11. The van der Waals surface area contributed by atoms with E-state index in [1.54, 1.807) is 48.5 Å². The van der Waals surface area contributed by atoms with Gasteiger partial charge in [0.05, 0.1) is 23.0 Å². The average molecular weight is 417 g/mol. The molecule has 8 heteroatoms. The summed E-state index contributed by atoms with van der Waals surface area (Å²) in [4.78, 5) is 1.03. The van der Waals surface area contributed by atoms with Crippen molar-refractivity contribution in [1.29, 1.82) is 0 Å². The Hall–Kier alpha value is -0.900. The molecule has 0 saturated heterocycles. The van der Waals surface area contributed by atoms with E-state index in [4.69, 9.17) is 30.7 Å². The summed E-state index contributed by atoms with van der Waals surface area (Å²) in [5.74, 6) is 0. The quantitative estimate of drug-likeness (QED) is 0.551. The minimum absolute atomic E-state index is 0.305. The first-order valence-electron chi connectivity index (χ1n) is 7.81. The lowest BCUT2D eigenvalue weighted by atomic mass is 10.2. The normalized spacial score (nSPS) is 16.0. The Balaban J connectivity index is 1.66. The summed E-state index contributed by atoms with van der Waals surface area (Å²) in [6, 6.07) is 17.6. The predicted octanol–water partition coefficient (Wildman–Crippen LogP) is 3.63. The van der Waals surface area contributed by atoms with Gasteiger partial charge < -0.3 is 0 Å². The number of rotatable bonds is 10. The Morgan fingerprint density at radius 2 is 1.00 bits per heavy atom. The molecule has 0 aliphatic carbocycles. The van der Waals surface area contributed by atoms with Crippen molar-refractivity contribution in [1.82, 2.24) is 0 Å². The van der Waals surface area contributed by atoms with Crippen LogP contribution in [0.15, 0.2) is 70.5 Å². The van der Waals surface area contributed by atoms with Crippen molar-refractivity contribution in [2.24, 2.45) is 0 Å². The maximum absolute atomic E-state index is 12.3. The van der Waals surface area contributed by atoms with Gasteiger partial charge in [0.2, 0.25) is 0 Å². The molecule has 0 N–H and O–H groups in total. The van der Waals surface area contributed by atoms with Gasteiger partial charge in [-0.1, -0.05) is 36.4 Å². The van der Waals surface area contributed by atoms with E-state index in [1.165, 1.54) is 0 Å². The summed E-state index contributed by atoms with van der Waals surface area (Å²) in [6.07, 6.45) is 2.15. The Morgan fingerprint density at radius 3 is 1.36 bits per heavy atom. The predicted molar refractivity (Wildman–Crippen MR) is 106 cm³/mol. The number of hydrogen-bond acceptors (Lipinski definition) is 6. The van der Waals surface area contributed by atoms with Gasteiger partial charge in [-0.25, -0.2) is 8.42 Å². The first-order chi connectivity index (χ1) is 11.9. The van der Waals surface area contributed by atoms with Crippen molar-refractivity contribution in [3.8, 4) is 0 Å². The fourth-order valence-corrected chi connectivity index (χ4v) is 5.03. The van der Waals surface area contributed by atoms with Crippen LogP contribution in [-0.4, -0.2) is 21.6 Å². The van der Waals surface area contributed by atoms with Crippen molar-refractivity contribution in [3.63, 3.8) is 0 Å². The van der Waals surface area contributed by atoms with E-state index in [2.05, 4.69) is 0 Å². The highest BCUT2D eigenvalue weighted by Crippen LogP contribution is 2.14. The zero-order valence-corrected chi connectivity index (χ0v) is 16.8. The van der Waals surface area contributed by atoms with Crippen LogP contribution in [0, 0.1) is 0 Å². The highest BCUT2D eigenvalue weighted by atomic mass is 32.8. The largest absolute Gasteiger partial charge is 0.286 e. The maximum Gasteiger partial charge on any atom is 0.173 e. The molecule has 2 aromatic carbocycles. The van der Waals surface area contributed by atoms with Gasteiger partial charge in [0.15, 0.2) is 17.5 Å². The van der Waals surface area contributed by atoms with Crippen molar-refractivity contribution in [2.75, 3.05) is 13.2 Å². The van der Waals surface area contributed by atoms with E-state index >= 15 is 0 Å². The standard InChI is InChI=1S/C17H20O4S4/c18-24(22,16-10-4-1-5-11-16)20-14-8-3-9-15-21-25(19,23)17-12-6-2-7-13-17/h1-2,4-7,10-13H,3,8-9,14-15H2. The summed E-state index contributed by atoms with van der Waals surface area (Å²) in [7, 11) is -5.75. The molecule has 0 aliphatic heterocycles. The topological polar surface area (TPSA) is 52.6 Å². The lowest BCUT2D eigenvalue weighted by molar-refractivity contribution is 0.304. The van der Waals surface area contributed by atoms with Crippen LogP contribution in [-0.2, 0) is 48.3 Å². The SMILES string of the molecule is O=S(=S)(OCCCCCOS(=O)(=S)c1ccccc1)c1ccccc1. The molecule has 4 nitrogen and oxygen atoms in total. The Kier molecular flexibility index (Phi) is 7.92. The third-order valence-electron chi connectivity index (χ3n) is 3.33. The molecule has 2 aromatic rings. The number of benzene rings is 2. The van der Waals surface area contributed by atoms with Gasteiger partial charge in [-0.2, -0.15) is 0 Å². The van der Waals surface area contributed by atoms with E-state index in [0.717, 1.165) is 6.42 Å². The Labute approximate surface area is 159 Å².